The Morgan fingerprint density at radius 1 is 1.13 bits per heavy atom. The molecule has 0 fully saturated rings. The van der Waals surface area contributed by atoms with Crippen molar-refractivity contribution in [3.05, 3.63) is 54.0 Å². The predicted molar refractivity (Wildman–Crippen MR) is 120 cm³/mol. The van der Waals surface area contributed by atoms with Crippen molar-refractivity contribution >= 4 is 28.2 Å². The predicted octanol–water partition coefficient (Wildman–Crippen LogP) is 3.42. The van der Waals surface area contributed by atoms with Crippen LogP contribution < -0.4 is 30.2 Å². The largest absolute Gasteiger partial charge is 0.493 e. The van der Waals surface area contributed by atoms with E-state index >= 15 is 0 Å². The Bertz CT molecular complexity index is 1100. The second-order valence-corrected chi connectivity index (χ2v) is 7.03. The van der Waals surface area contributed by atoms with E-state index in [4.69, 9.17) is 19.9 Å². The van der Waals surface area contributed by atoms with Crippen molar-refractivity contribution in [1.29, 1.82) is 0 Å². The van der Waals surface area contributed by atoms with Gasteiger partial charge in [0.25, 0.3) is 0 Å². The average molecular weight is 406 g/mol. The van der Waals surface area contributed by atoms with Crippen molar-refractivity contribution < 1.29 is 14.2 Å². The summed E-state index contributed by atoms with van der Waals surface area (Å²) >= 11 is 0. The van der Waals surface area contributed by atoms with Gasteiger partial charge in [-0.25, -0.2) is 0 Å². The van der Waals surface area contributed by atoms with E-state index in [1.807, 2.05) is 43.7 Å². The minimum atomic E-state index is 0.588. The monoisotopic (exact) mass is 406 g/mol. The summed E-state index contributed by atoms with van der Waals surface area (Å²) in [7, 11) is 5.17. The van der Waals surface area contributed by atoms with E-state index in [1.165, 1.54) is 0 Å². The molecule has 7 nitrogen and oxygen atoms in total. The molecule has 0 radical (unpaired) electrons. The number of benzene rings is 2. The molecule has 30 heavy (non-hydrogen) atoms. The lowest BCUT2D eigenvalue weighted by molar-refractivity contribution is 0.317. The van der Waals surface area contributed by atoms with Crippen LogP contribution >= 0.6 is 0 Å². The van der Waals surface area contributed by atoms with E-state index in [0.29, 0.717) is 24.7 Å². The van der Waals surface area contributed by atoms with Crippen molar-refractivity contribution in [3.8, 4) is 17.2 Å². The van der Waals surface area contributed by atoms with E-state index in [-0.39, 0.29) is 0 Å². The number of nitrogen functional groups attached to an aromatic ring is 1. The molecule has 156 valence electrons. The van der Waals surface area contributed by atoms with Crippen LogP contribution in [0, 0.1) is 0 Å². The topological polar surface area (TPSA) is 81.9 Å². The normalized spacial score (nSPS) is 12.7. The lowest BCUT2D eigenvalue weighted by Crippen LogP contribution is -2.20. The summed E-state index contributed by atoms with van der Waals surface area (Å²) < 4.78 is 16.8. The summed E-state index contributed by atoms with van der Waals surface area (Å²) in [6.07, 6.45) is 7.62. The zero-order chi connectivity index (χ0) is 21.1. The molecular formula is C23H26N4O3. The number of nitrogens with two attached hydrogens (primary N) is 1. The Balaban J connectivity index is 1.69. The van der Waals surface area contributed by atoms with Crippen LogP contribution in [0.5, 0.6) is 17.2 Å². The van der Waals surface area contributed by atoms with Gasteiger partial charge in [0, 0.05) is 47.4 Å². The Hall–Kier alpha value is -3.45. The molecule has 3 aromatic rings. The summed E-state index contributed by atoms with van der Waals surface area (Å²) in [4.78, 5) is 6.45. The van der Waals surface area contributed by atoms with Gasteiger partial charge in [0.2, 0.25) is 0 Å². The Labute approximate surface area is 176 Å². The van der Waals surface area contributed by atoms with Gasteiger partial charge in [-0.05, 0) is 36.9 Å². The molecule has 1 aliphatic heterocycles. The fourth-order valence-corrected chi connectivity index (χ4v) is 3.72. The van der Waals surface area contributed by atoms with E-state index in [2.05, 4.69) is 21.3 Å². The molecule has 1 aliphatic rings. The van der Waals surface area contributed by atoms with Crippen molar-refractivity contribution in [1.82, 2.24) is 10.3 Å². The Morgan fingerprint density at radius 3 is 2.77 bits per heavy atom. The van der Waals surface area contributed by atoms with Crippen LogP contribution in [0.25, 0.3) is 16.8 Å². The fourth-order valence-electron chi connectivity index (χ4n) is 3.72. The first kappa shape index (κ1) is 19.8. The number of nitrogens with zero attached hydrogens (tertiary/aromatic N) is 2. The number of ether oxygens (including phenoxy) is 3. The molecule has 1 aromatic heterocycles. The summed E-state index contributed by atoms with van der Waals surface area (Å²) in [5.41, 5.74) is 10.4. The second kappa shape index (κ2) is 8.51. The first-order valence-corrected chi connectivity index (χ1v) is 9.79. The SMILES string of the molecule is CNCCOc1cncc(N2C=Cc3c(cc4c(OC)c(OC)ccc4c3N)C2)c1. The molecule has 0 aliphatic carbocycles. The van der Waals surface area contributed by atoms with Crippen molar-refractivity contribution in [2.45, 2.75) is 6.54 Å². The molecule has 7 heteroatoms. The van der Waals surface area contributed by atoms with Crippen molar-refractivity contribution in [2.24, 2.45) is 0 Å². The maximum Gasteiger partial charge on any atom is 0.168 e. The van der Waals surface area contributed by atoms with Crippen LogP contribution in [0.1, 0.15) is 11.1 Å². The Kier molecular flexibility index (Phi) is 5.63. The lowest BCUT2D eigenvalue weighted by Gasteiger charge is -2.27. The van der Waals surface area contributed by atoms with Gasteiger partial charge in [0.05, 0.1) is 32.3 Å². The van der Waals surface area contributed by atoms with Crippen LogP contribution in [0.2, 0.25) is 0 Å². The fraction of sp³-hybridized carbons (Fsp3) is 0.261. The van der Waals surface area contributed by atoms with E-state index in [9.17, 15) is 0 Å². The van der Waals surface area contributed by atoms with Gasteiger partial charge < -0.3 is 30.2 Å². The van der Waals surface area contributed by atoms with Gasteiger partial charge in [0.15, 0.2) is 11.5 Å². The third-order valence-electron chi connectivity index (χ3n) is 5.24. The molecule has 2 aromatic carbocycles. The first-order chi connectivity index (χ1) is 14.7. The number of rotatable bonds is 7. The number of aromatic nitrogens is 1. The third kappa shape index (κ3) is 3.59. The van der Waals surface area contributed by atoms with Gasteiger partial charge in [-0.1, -0.05) is 0 Å². The highest BCUT2D eigenvalue weighted by atomic mass is 16.5. The standard InChI is InChI=1S/C23H26N4O3/c1-25-7-9-30-17-11-16(12-26-13-17)27-8-6-18-15(14-27)10-20-19(22(18)24)4-5-21(28-2)23(20)29-3/h4-6,8,10-13,25H,7,9,14,24H2,1-3H3. The van der Waals surface area contributed by atoms with Crippen molar-refractivity contribution in [3.63, 3.8) is 0 Å². The van der Waals surface area contributed by atoms with Gasteiger partial charge in [-0.3, -0.25) is 4.98 Å². The number of likely N-dealkylation sites (N-methyl/N-ethyl adjacent to an activating group) is 1. The quantitative estimate of drug-likeness (QED) is 0.460. The summed E-state index contributed by atoms with van der Waals surface area (Å²) in [5, 5.41) is 4.95. The van der Waals surface area contributed by atoms with Crippen LogP contribution in [0.3, 0.4) is 0 Å². The van der Waals surface area contributed by atoms with Gasteiger partial charge in [-0.15, -0.1) is 0 Å². The third-order valence-corrected chi connectivity index (χ3v) is 5.24. The van der Waals surface area contributed by atoms with E-state index in [1.54, 1.807) is 20.4 Å². The van der Waals surface area contributed by atoms with Gasteiger partial charge in [0.1, 0.15) is 12.4 Å². The highest BCUT2D eigenvalue weighted by molar-refractivity contribution is 6.03. The number of hydrogen-bond acceptors (Lipinski definition) is 7. The second-order valence-electron chi connectivity index (χ2n) is 7.03. The minimum absolute atomic E-state index is 0.588. The Morgan fingerprint density at radius 2 is 2.00 bits per heavy atom. The average Bonchev–Trinajstić information content (AvgIpc) is 2.78. The van der Waals surface area contributed by atoms with Crippen LogP contribution in [-0.2, 0) is 6.54 Å². The summed E-state index contributed by atoms with van der Waals surface area (Å²) in [6, 6.07) is 7.97. The molecule has 0 amide bonds. The zero-order valence-corrected chi connectivity index (χ0v) is 17.4. The number of methoxy groups -OCH3 is 2. The number of anilines is 2. The van der Waals surface area contributed by atoms with Crippen molar-refractivity contribution in [2.75, 3.05) is 45.1 Å². The number of pyridine rings is 1. The molecule has 0 unspecified atom stereocenters. The molecule has 2 heterocycles. The van der Waals surface area contributed by atoms with E-state index in [0.717, 1.165) is 45.6 Å². The molecule has 4 rings (SSSR count). The maximum absolute atomic E-state index is 6.53. The molecule has 0 atom stereocenters. The highest BCUT2D eigenvalue weighted by Gasteiger charge is 2.20. The summed E-state index contributed by atoms with van der Waals surface area (Å²) in [5.74, 6) is 2.11. The summed E-state index contributed by atoms with van der Waals surface area (Å²) in [6.45, 7) is 2.03. The van der Waals surface area contributed by atoms with Gasteiger partial charge >= 0.3 is 0 Å². The maximum atomic E-state index is 6.53. The number of fused-ring (bicyclic) bond motifs is 2. The molecular weight excluding hydrogens is 380 g/mol. The minimum Gasteiger partial charge on any atom is -0.493 e. The highest BCUT2D eigenvalue weighted by Crippen LogP contribution is 2.41. The van der Waals surface area contributed by atoms with Gasteiger partial charge in [-0.2, -0.15) is 0 Å². The molecule has 0 spiro atoms. The number of nitrogens with one attached hydrogen (secondary N) is 1. The molecule has 0 saturated carbocycles. The zero-order valence-electron chi connectivity index (χ0n) is 17.4. The number of hydrogen-bond donors (Lipinski definition) is 2. The van der Waals surface area contributed by atoms with E-state index < -0.39 is 0 Å². The first-order valence-electron chi connectivity index (χ1n) is 9.79. The lowest BCUT2D eigenvalue weighted by atomic mass is 9.95. The van der Waals surface area contributed by atoms with Crippen LogP contribution in [0.15, 0.2) is 42.9 Å². The smallest absolute Gasteiger partial charge is 0.168 e. The molecule has 0 saturated heterocycles. The molecule has 3 N–H and O–H groups in total. The van der Waals surface area contributed by atoms with Crippen LogP contribution in [-0.4, -0.2) is 39.4 Å². The van der Waals surface area contributed by atoms with Crippen LogP contribution in [0.4, 0.5) is 11.4 Å². The molecule has 0 bridgehead atoms.